The Morgan fingerprint density at radius 3 is 2.31 bits per heavy atom. The first kappa shape index (κ1) is 19.3. The van der Waals surface area contributed by atoms with Gasteiger partial charge < -0.3 is 19.7 Å². The number of aryl methyl sites for hydroxylation is 1. The molecule has 0 fully saturated rings. The van der Waals surface area contributed by atoms with Crippen LogP contribution in [0.3, 0.4) is 0 Å². The van der Waals surface area contributed by atoms with Gasteiger partial charge in [0.25, 0.3) is 5.91 Å². The second-order valence-corrected chi connectivity index (χ2v) is 6.14. The van der Waals surface area contributed by atoms with E-state index in [0.717, 1.165) is 16.9 Å². The van der Waals surface area contributed by atoms with Crippen molar-refractivity contribution in [3.05, 3.63) is 53.1 Å². The molecule has 1 N–H and O–H groups in total. The lowest BCUT2D eigenvalue weighted by Crippen LogP contribution is -2.22. The van der Waals surface area contributed by atoms with Gasteiger partial charge in [-0.1, -0.05) is 12.1 Å². The zero-order chi connectivity index (χ0) is 19.3. The van der Waals surface area contributed by atoms with Gasteiger partial charge in [0.05, 0.1) is 26.3 Å². The number of rotatable bonds is 6. The molecule has 0 saturated carbocycles. The van der Waals surface area contributed by atoms with Gasteiger partial charge in [0.15, 0.2) is 0 Å². The average molecular weight is 356 g/mol. The van der Waals surface area contributed by atoms with E-state index in [1.54, 1.807) is 39.4 Å². The van der Waals surface area contributed by atoms with E-state index in [9.17, 15) is 9.59 Å². The maximum absolute atomic E-state index is 12.4. The molecule has 0 bridgehead atoms. The van der Waals surface area contributed by atoms with Gasteiger partial charge in [-0.2, -0.15) is 0 Å². The standard InChI is InChI=1S/C20H24N2O4/c1-13-6-7-14(10-18(13)26-5)11-19(23)21-16-12-15(20(24)22(2)3)8-9-17(16)25-4/h6-10,12H,11H2,1-5H3,(H,21,23). The maximum Gasteiger partial charge on any atom is 0.253 e. The summed E-state index contributed by atoms with van der Waals surface area (Å²) >= 11 is 0. The number of nitrogens with zero attached hydrogens (tertiary/aromatic N) is 1. The van der Waals surface area contributed by atoms with E-state index in [1.807, 2.05) is 25.1 Å². The third kappa shape index (κ3) is 4.53. The molecule has 0 aliphatic heterocycles. The van der Waals surface area contributed by atoms with Crippen molar-refractivity contribution in [1.29, 1.82) is 0 Å². The fourth-order valence-corrected chi connectivity index (χ4v) is 2.55. The number of nitrogens with one attached hydrogen (secondary N) is 1. The fourth-order valence-electron chi connectivity index (χ4n) is 2.55. The van der Waals surface area contributed by atoms with Gasteiger partial charge in [0.2, 0.25) is 5.91 Å². The van der Waals surface area contributed by atoms with Crippen molar-refractivity contribution in [2.45, 2.75) is 13.3 Å². The van der Waals surface area contributed by atoms with Crippen molar-refractivity contribution in [2.24, 2.45) is 0 Å². The normalized spacial score (nSPS) is 10.2. The van der Waals surface area contributed by atoms with Crippen LogP contribution < -0.4 is 14.8 Å². The van der Waals surface area contributed by atoms with Crippen LogP contribution >= 0.6 is 0 Å². The van der Waals surface area contributed by atoms with Crippen molar-refractivity contribution < 1.29 is 19.1 Å². The minimum Gasteiger partial charge on any atom is -0.496 e. The summed E-state index contributed by atoms with van der Waals surface area (Å²) in [7, 11) is 6.47. The third-order valence-corrected chi connectivity index (χ3v) is 3.96. The number of carbonyl (C=O) groups is 2. The van der Waals surface area contributed by atoms with Gasteiger partial charge in [0, 0.05) is 19.7 Å². The molecule has 2 rings (SSSR count). The van der Waals surface area contributed by atoms with Crippen LogP contribution in [0, 0.1) is 6.92 Å². The number of hydrogen-bond donors (Lipinski definition) is 1. The van der Waals surface area contributed by atoms with Crippen molar-refractivity contribution in [1.82, 2.24) is 4.90 Å². The van der Waals surface area contributed by atoms with E-state index in [-0.39, 0.29) is 18.2 Å². The highest BCUT2D eigenvalue weighted by molar-refractivity contribution is 5.98. The first-order valence-corrected chi connectivity index (χ1v) is 8.18. The zero-order valence-electron chi connectivity index (χ0n) is 15.8. The molecule has 2 aromatic carbocycles. The highest BCUT2D eigenvalue weighted by Crippen LogP contribution is 2.26. The summed E-state index contributed by atoms with van der Waals surface area (Å²) in [5.41, 5.74) is 2.78. The predicted molar refractivity (Wildman–Crippen MR) is 101 cm³/mol. The second kappa shape index (κ2) is 8.38. The molecule has 2 amide bonds. The van der Waals surface area contributed by atoms with Crippen LogP contribution in [0.15, 0.2) is 36.4 Å². The van der Waals surface area contributed by atoms with E-state index < -0.39 is 0 Å². The highest BCUT2D eigenvalue weighted by atomic mass is 16.5. The predicted octanol–water partition coefficient (Wildman–Crippen LogP) is 2.90. The Bertz CT molecular complexity index is 815. The summed E-state index contributed by atoms with van der Waals surface area (Å²) in [6.45, 7) is 1.95. The summed E-state index contributed by atoms with van der Waals surface area (Å²) in [5, 5.41) is 2.82. The van der Waals surface area contributed by atoms with Gasteiger partial charge in [-0.15, -0.1) is 0 Å². The van der Waals surface area contributed by atoms with E-state index >= 15 is 0 Å². The van der Waals surface area contributed by atoms with Crippen LogP contribution in [0.1, 0.15) is 21.5 Å². The zero-order valence-corrected chi connectivity index (χ0v) is 15.8. The molecule has 0 atom stereocenters. The lowest BCUT2D eigenvalue weighted by Gasteiger charge is -2.14. The molecule has 0 heterocycles. The summed E-state index contributed by atoms with van der Waals surface area (Å²) in [6.07, 6.45) is 0.186. The van der Waals surface area contributed by atoms with E-state index in [4.69, 9.17) is 9.47 Å². The van der Waals surface area contributed by atoms with Gasteiger partial charge in [0.1, 0.15) is 11.5 Å². The Hall–Kier alpha value is -3.02. The molecule has 138 valence electrons. The Morgan fingerprint density at radius 1 is 1.00 bits per heavy atom. The highest BCUT2D eigenvalue weighted by Gasteiger charge is 2.14. The Balaban J connectivity index is 2.19. The molecule has 6 heteroatoms. The quantitative estimate of drug-likeness (QED) is 0.864. The topological polar surface area (TPSA) is 67.9 Å². The van der Waals surface area contributed by atoms with E-state index in [1.165, 1.54) is 12.0 Å². The molecule has 0 radical (unpaired) electrons. The number of carbonyl (C=O) groups excluding carboxylic acids is 2. The Labute approximate surface area is 153 Å². The van der Waals surface area contributed by atoms with Gasteiger partial charge in [-0.25, -0.2) is 0 Å². The van der Waals surface area contributed by atoms with Crippen LogP contribution in [0.25, 0.3) is 0 Å². The molecule has 2 aromatic rings. The summed E-state index contributed by atoms with van der Waals surface area (Å²) < 4.78 is 10.6. The Kier molecular flexibility index (Phi) is 6.22. The van der Waals surface area contributed by atoms with Crippen LogP contribution in [0.5, 0.6) is 11.5 Å². The molecule has 6 nitrogen and oxygen atoms in total. The molecule has 0 aliphatic rings. The van der Waals surface area contributed by atoms with Crippen LogP contribution in [0.4, 0.5) is 5.69 Å². The average Bonchev–Trinajstić information content (AvgIpc) is 2.62. The van der Waals surface area contributed by atoms with Crippen molar-refractivity contribution in [3.8, 4) is 11.5 Å². The van der Waals surface area contributed by atoms with Gasteiger partial charge >= 0.3 is 0 Å². The summed E-state index contributed by atoms with van der Waals surface area (Å²) in [4.78, 5) is 26.1. The minimum absolute atomic E-state index is 0.147. The van der Waals surface area contributed by atoms with Crippen molar-refractivity contribution in [3.63, 3.8) is 0 Å². The monoisotopic (exact) mass is 356 g/mol. The number of hydrogen-bond acceptors (Lipinski definition) is 4. The van der Waals surface area contributed by atoms with Gasteiger partial charge in [-0.05, 0) is 42.3 Å². The van der Waals surface area contributed by atoms with Crippen LogP contribution in [-0.2, 0) is 11.2 Å². The largest absolute Gasteiger partial charge is 0.496 e. The molecule has 0 spiro atoms. The molecule has 0 unspecified atom stereocenters. The van der Waals surface area contributed by atoms with Crippen LogP contribution in [0.2, 0.25) is 0 Å². The molecule has 0 aromatic heterocycles. The molecular weight excluding hydrogens is 332 g/mol. The number of ether oxygens (including phenoxy) is 2. The number of anilines is 1. The van der Waals surface area contributed by atoms with Crippen molar-refractivity contribution in [2.75, 3.05) is 33.6 Å². The van der Waals surface area contributed by atoms with E-state index in [0.29, 0.717) is 17.0 Å². The SMILES string of the molecule is COc1cc(CC(=O)Nc2cc(C(=O)N(C)C)ccc2OC)ccc1C. The molecular formula is C20H24N2O4. The lowest BCUT2D eigenvalue weighted by molar-refractivity contribution is -0.115. The minimum atomic E-state index is -0.205. The molecule has 0 aliphatic carbocycles. The summed E-state index contributed by atoms with van der Waals surface area (Å²) in [6, 6.07) is 10.6. The number of methoxy groups -OCH3 is 2. The smallest absolute Gasteiger partial charge is 0.253 e. The first-order valence-electron chi connectivity index (χ1n) is 8.18. The second-order valence-electron chi connectivity index (χ2n) is 6.14. The van der Waals surface area contributed by atoms with Crippen LogP contribution in [-0.4, -0.2) is 45.0 Å². The van der Waals surface area contributed by atoms with E-state index in [2.05, 4.69) is 5.32 Å². The van der Waals surface area contributed by atoms with Gasteiger partial charge in [-0.3, -0.25) is 9.59 Å². The maximum atomic E-state index is 12.4. The summed E-state index contributed by atoms with van der Waals surface area (Å²) in [5.74, 6) is 0.886. The third-order valence-electron chi connectivity index (χ3n) is 3.96. The molecule has 0 saturated heterocycles. The lowest BCUT2D eigenvalue weighted by atomic mass is 10.1. The number of benzene rings is 2. The fraction of sp³-hybridized carbons (Fsp3) is 0.300. The molecule has 26 heavy (non-hydrogen) atoms. The van der Waals surface area contributed by atoms with Crippen molar-refractivity contribution >= 4 is 17.5 Å². The number of amides is 2. The first-order chi connectivity index (χ1) is 12.3. The Morgan fingerprint density at radius 2 is 1.69 bits per heavy atom.